The fraction of sp³-hybridized carbons (Fsp3) is 0.133. The smallest absolute Gasteiger partial charge is 0.271 e. The molecule has 120 valence electrons. The summed E-state index contributed by atoms with van der Waals surface area (Å²) >= 11 is 9.24. The van der Waals surface area contributed by atoms with E-state index in [1.54, 1.807) is 6.07 Å². The molecule has 0 spiro atoms. The van der Waals surface area contributed by atoms with Crippen molar-refractivity contribution in [2.75, 3.05) is 11.9 Å². The molecule has 23 heavy (non-hydrogen) atoms. The third-order valence-electron chi connectivity index (χ3n) is 2.95. The first-order chi connectivity index (χ1) is 10.9. The number of non-ortho nitro benzene ring substituents is 1. The van der Waals surface area contributed by atoms with Crippen LogP contribution in [0.3, 0.4) is 0 Å². The number of nitrogens with zero attached hydrogens (tertiary/aromatic N) is 1. The number of anilines is 1. The number of hydrogen-bond donors (Lipinski definition) is 1. The molecule has 2 aromatic carbocycles. The number of carbonyl (C=O) groups is 1. The summed E-state index contributed by atoms with van der Waals surface area (Å²) in [6.07, 6.45) is 0. The number of nitro groups is 1. The van der Waals surface area contributed by atoms with Gasteiger partial charge in [0.15, 0.2) is 6.61 Å². The maximum Gasteiger partial charge on any atom is 0.271 e. The lowest BCUT2D eigenvalue weighted by molar-refractivity contribution is -0.384. The Morgan fingerprint density at radius 3 is 2.70 bits per heavy atom. The van der Waals surface area contributed by atoms with E-state index in [0.29, 0.717) is 5.69 Å². The van der Waals surface area contributed by atoms with Crippen LogP contribution in [0.15, 0.2) is 40.9 Å². The van der Waals surface area contributed by atoms with E-state index in [1.807, 2.05) is 19.1 Å². The Kier molecular flexibility index (Phi) is 5.57. The van der Waals surface area contributed by atoms with Gasteiger partial charge >= 0.3 is 0 Å². The molecule has 1 amide bonds. The van der Waals surface area contributed by atoms with Crippen LogP contribution in [0.2, 0.25) is 5.02 Å². The van der Waals surface area contributed by atoms with Gasteiger partial charge in [-0.15, -0.1) is 0 Å². The van der Waals surface area contributed by atoms with Gasteiger partial charge in [0.05, 0.1) is 9.95 Å². The lowest BCUT2D eigenvalue weighted by Crippen LogP contribution is -2.20. The molecule has 1 N–H and O–H groups in total. The number of halogens is 2. The molecule has 0 aliphatic rings. The highest BCUT2D eigenvalue weighted by molar-refractivity contribution is 9.10. The third-order valence-corrected chi connectivity index (χ3v) is 3.74. The Hall–Kier alpha value is -2.12. The monoisotopic (exact) mass is 398 g/mol. The molecule has 2 aromatic rings. The summed E-state index contributed by atoms with van der Waals surface area (Å²) < 4.78 is 6.21. The first-order valence-corrected chi connectivity index (χ1v) is 7.66. The maximum atomic E-state index is 11.9. The normalized spacial score (nSPS) is 10.2. The molecular weight excluding hydrogens is 388 g/mol. The van der Waals surface area contributed by atoms with Gasteiger partial charge in [-0.2, -0.15) is 0 Å². The summed E-state index contributed by atoms with van der Waals surface area (Å²) in [5.41, 5.74) is 1.44. The van der Waals surface area contributed by atoms with Crippen molar-refractivity contribution in [3.05, 3.63) is 61.6 Å². The quantitative estimate of drug-likeness (QED) is 0.599. The van der Waals surface area contributed by atoms with Gasteiger partial charge in [0.25, 0.3) is 11.6 Å². The zero-order valence-corrected chi connectivity index (χ0v) is 14.3. The average molecular weight is 400 g/mol. The predicted molar refractivity (Wildman–Crippen MR) is 91.1 cm³/mol. The number of nitro benzene ring substituents is 1. The maximum absolute atomic E-state index is 11.9. The first kappa shape index (κ1) is 17.2. The Bertz CT molecular complexity index is 767. The number of rotatable bonds is 5. The van der Waals surface area contributed by atoms with E-state index in [4.69, 9.17) is 16.3 Å². The van der Waals surface area contributed by atoms with Crippen molar-refractivity contribution in [2.24, 2.45) is 0 Å². The Morgan fingerprint density at radius 1 is 1.35 bits per heavy atom. The number of ether oxygens (including phenoxy) is 1. The van der Waals surface area contributed by atoms with Crippen LogP contribution in [0.5, 0.6) is 5.75 Å². The van der Waals surface area contributed by atoms with Crippen LogP contribution in [-0.2, 0) is 4.79 Å². The van der Waals surface area contributed by atoms with Gasteiger partial charge in [-0.1, -0.05) is 27.5 Å². The highest BCUT2D eigenvalue weighted by Gasteiger charge is 2.12. The predicted octanol–water partition coefficient (Wildman–Crippen LogP) is 4.34. The second-order valence-electron chi connectivity index (χ2n) is 4.67. The van der Waals surface area contributed by atoms with Crippen LogP contribution in [0, 0.1) is 17.0 Å². The SMILES string of the molecule is Cc1cc(Br)ccc1NC(=O)COc1ccc([N+](=O)[O-])cc1Cl. The van der Waals surface area contributed by atoms with E-state index in [9.17, 15) is 14.9 Å². The standard InChI is InChI=1S/C15H12BrClN2O4/c1-9-6-10(16)2-4-13(9)18-15(20)8-23-14-5-3-11(19(21)22)7-12(14)17/h2-7H,8H2,1H3,(H,18,20). The molecule has 0 saturated carbocycles. The van der Waals surface area contributed by atoms with Crippen molar-refractivity contribution in [1.82, 2.24) is 0 Å². The van der Waals surface area contributed by atoms with E-state index in [2.05, 4.69) is 21.2 Å². The highest BCUT2D eigenvalue weighted by Crippen LogP contribution is 2.28. The molecule has 0 aliphatic heterocycles. The molecule has 0 bridgehead atoms. The van der Waals surface area contributed by atoms with Crippen molar-refractivity contribution in [3.8, 4) is 5.75 Å². The third kappa shape index (κ3) is 4.67. The summed E-state index contributed by atoms with van der Waals surface area (Å²) in [5, 5.41) is 13.4. The second kappa shape index (κ2) is 7.43. The molecular formula is C15H12BrClN2O4. The molecule has 0 unspecified atom stereocenters. The minimum atomic E-state index is -0.557. The summed E-state index contributed by atoms with van der Waals surface area (Å²) in [6, 6.07) is 9.26. The van der Waals surface area contributed by atoms with Crippen LogP contribution in [0.4, 0.5) is 11.4 Å². The molecule has 0 aliphatic carbocycles. The van der Waals surface area contributed by atoms with Crippen molar-refractivity contribution in [3.63, 3.8) is 0 Å². The lowest BCUT2D eigenvalue weighted by atomic mass is 10.2. The zero-order chi connectivity index (χ0) is 17.0. The molecule has 0 fully saturated rings. The van der Waals surface area contributed by atoms with E-state index < -0.39 is 4.92 Å². The molecule has 8 heteroatoms. The number of amides is 1. The fourth-order valence-electron chi connectivity index (χ4n) is 1.82. The summed E-state index contributed by atoms with van der Waals surface area (Å²) in [7, 11) is 0. The zero-order valence-electron chi connectivity index (χ0n) is 12.0. The minimum absolute atomic E-state index is 0.0758. The Balaban J connectivity index is 1.98. The number of nitrogens with one attached hydrogen (secondary N) is 1. The van der Waals surface area contributed by atoms with Gasteiger partial charge in [-0.05, 0) is 36.8 Å². The number of benzene rings is 2. The second-order valence-corrected chi connectivity index (χ2v) is 5.99. The van der Waals surface area contributed by atoms with Gasteiger partial charge in [-0.25, -0.2) is 0 Å². The molecule has 0 aromatic heterocycles. The first-order valence-electron chi connectivity index (χ1n) is 6.49. The lowest BCUT2D eigenvalue weighted by Gasteiger charge is -2.10. The average Bonchev–Trinajstić information content (AvgIpc) is 2.48. The van der Waals surface area contributed by atoms with E-state index in [0.717, 1.165) is 10.0 Å². The fourth-order valence-corrected chi connectivity index (χ4v) is 2.52. The number of aryl methyl sites for hydroxylation is 1. The van der Waals surface area contributed by atoms with E-state index in [-0.39, 0.29) is 29.0 Å². The van der Waals surface area contributed by atoms with Crippen molar-refractivity contribution in [2.45, 2.75) is 6.92 Å². The molecule has 0 saturated heterocycles. The molecule has 0 radical (unpaired) electrons. The van der Waals surface area contributed by atoms with Crippen molar-refractivity contribution >= 4 is 44.8 Å². The van der Waals surface area contributed by atoms with Gasteiger partial charge in [-0.3, -0.25) is 14.9 Å². The van der Waals surface area contributed by atoms with Crippen molar-refractivity contribution < 1.29 is 14.5 Å². The molecule has 6 nitrogen and oxygen atoms in total. The minimum Gasteiger partial charge on any atom is -0.482 e. The largest absolute Gasteiger partial charge is 0.482 e. The number of hydrogen-bond acceptors (Lipinski definition) is 4. The Labute approximate surface area is 145 Å². The molecule has 2 rings (SSSR count). The van der Waals surface area contributed by atoms with Crippen LogP contribution in [0.25, 0.3) is 0 Å². The van der Waals surface area contributed by atoms with Gasteiger partial charge < -0.3 is 10.1 Å². The van der Waals surface area contributed by atoms with Crippen molar-refractivity contribution in [1.29, 1.82) is 0 Å². The van der Waals surface area contributed by atoms with Gasteiger partial charge in [0.2, 0.25) is 0 Å². The molecule has 0 atom stereocenters. The van der Waals surface area contributed by atoms with Crippen LogP contribution >= 0.6 is 27.5 Å². The summed E-state index contributed by atoms with van der Waals surface area (Å²) in [5.74, 6) is -0.148. The van der Waals surface area contributed by atoms with Crippen LogP contribution in [-0.4, -0.2) is 17.4 Å². The van der Waals surface area contributed by atoms with Crippen LogP contribution < -0.4 is 10.1 Å². The van der Waals surface area contributed by atoms with Crippen LogP contribution in [0.1, 0.15) is 5.56 Å². The summed E-state index contributed by atoms with van der Waals surface area (Å²) in [6.45, 7) is 1.61. The Morgan fingerprint density at radius 2 is 2.09 bits per heavy atom. The topological polar surface area (TPSA) is 81.5 Å². The molecule has 0 heterocycles. The van der Waals surface area contributed by atoms with E-state index >= 15 is 0 Å². The van der Waals surface area contributed by atoms with Gasteiger partial charge in [0.1, 0.15) is 5.75 Å². The van der Waals surface area contributed by atoms with Gasteiger partial charge in [0, 0.05) is 22.3 Å². The van der Waals surface area contributed by atoms with E-state index in [1.165, 1.54) is 18.2 Å². The highest BCUT2D eigenvalue weighted by atomic mass is 79.9. The summed E-state index contributed by atoms with van der Waals surface area (Å²) in [4.78, 5) is 22.0. The number of carbonyl (C=O) groups excluding carboxylic acids is 1.